The minimum absolute atomic E-state index is 0.293. The molecule has 8 heteroatoms. The van der Waals surface area contributed by atoms with E-state index in [1.165, 1.54) is 7.11 Å². The van der Waals surface area contributed by atoms with Crippen molar-refractivity contribution in [2.45, 2.75) is 0 Å². The smallest absolute Gasteiger partial charge is 0.339 e. The van der Waals surface area contributed by atoms with Crippen LogP contribution in [0.3, 0.4) is 0 Å². The van der Waals surface area contributed by atoms with Crippen molar-refractivity contribution in [2.24, 2.45) is 0 Å². The maximum Gasteiger partial charge on any atom is 0.339 e. The van der Waals surface area contributed by atoms with Crippen LogP contribution in [0.25, 0.3) is 0 Å². The molecule has 1 amide bonds. The lowest BCUT2D eigenvalue weighted by molar-refractivity contribution is 0.0601. The highest BCUT2D eigenvalue weighted by atomic mass is 35.5. The number of nitrogens with zero attached hydrogens (tertiary/aromatic N) is 2. The minimum atomic E-state index is -0.460. The molecule has 136 valence electrons. The summed E-state index contributed by atoms with van der Waals surface area (Å²) in [6.45, 7) is 0. The predicted molar refractivity (Wildman–Crippen MR) is 103 cm³/mol. The molecule has 0 atom stereocenters. The number of nitrogens with one attached hydrogen (secondary N) is 2. The first-order valence-electron chi connectivity index (χ1n) is 7.92. The van der Waals surface area contributed by atoms with Crippen molar-refractivity contribution in [1.29, 1.82) is 0 Å². The van der Waals surface area contributed by atoms with Gasteiger partial charge in [-0.3, -0.25) is 4.79 Å². The molecule has 0 unspecified atom stereocenters. The minimum Gasteiger partial charge on any atom is -0.465 e. The van der Waals surface area contributed by atoms with Crippen LogP contribution in [0.15, 0.2) is 60.7 Å². The van der Waals surface area contributed by atoms with Gasteiger partial charge >= 0.3 is 5.97 Å². The van der Waals surface area contributed by atoms with E-state index in [4.69, 9.17) is 16.3 Å². The number of esters is 1. The third kappa shape index (κ3) is 4.59. The molecule has 2 N–H and O–H groups in total. The van der Waals surface area contributed by atoms with E-state index >= 15 is 0 Å². The fourth-order valence-corrected chi connectivity index (χ4v) is 2.40. The van der Waals surface area contributed by atoms with Crippen LogP contribution < -0.4 is 10.6 Å². The number of para-hydroxylation sites is 1. The van der Waals surface area contributed by atoms with Gasteiger partial charge < -0.3 is 15.4 Å². The summed E-state index contributed by atoms with van der Waals surface area (Å²) < 4.78 is 4.76. The third-order valence-electron chi connectivity index (χ3n) is 3.61. The van der Waals surface area contributed by atoms with Crippen molar-refractivity contribution in [3.63, 3.8) is 0 Å². The highest BCUT2D eigenvalue weighted by molar-refractivity contribution is 6.30. The molecule has 2 aromatic carbocycles. The maximum absolute atomic E-state index is 12.2. The van der Waals surface area contributed by atoms with Crippen LogP contribution in [0.4, 0.5) is 17.3 Å². The number of halogens is 1. The van der Waals surface area contributed by atoms with Crippen LogP contribution >= 0.6 is 11.6 Å². The number of ether oxygens (including phenoxy) is 1. The number of rotatable bonds is 5. The van der Waals surface area contributed by atoms with Gasteiger partial charge in [0.05, 0.1) is 18.4 Å². The van der Waals surface area contributed by atoms with Crippen LogP contribution in [0.1, 0.15) is 20.7 Å². The van der Waals surface area contributed by atoms with Crippen LogP contribution in [0, 0.1) is 0 Å². The molecule has 0 fully saturated rings. The van der Waals surface area contributed by atoms with Crippen LogP contribution in [0.5, 0.6) is 0 Å². The summed E-state index contributed by atoms with van der Waals surface area (Å²) in [4.78, 5) is 24.0. The summed E-state index contributed by atoms with van der Waals surface area (Å²) in [6.07, 6.45) is 0. The Kier molecular flexibility index (Phi) is 5.63. The Morgan fingerprint density at radius 2 is 1.59 bits per heavy atom. The number of hydrogen-bond donors (Lipinski definition) is 2. The molecule has 0 aliphatic carbocycles. The molecule has 0 radical (unpaired) electrons. The zero-order valence-corrected chi connectivity index (χ0v) is 15.0. The molecule has 3 rings (SSSR count). The number of amides is 1. The number of benzene rings is 2. The third-order valence-corrected chi connectivity index (χ3v) is 3.86. The van der Waals surface area contributed by atoms with Crippen molar-refractivity contribution in [1.82, 2.24) is 10.2 Å². The lowest BCUT2D eigenvalue weighted by Gasteiger charge is -2.10. The van der Waals surface area contributed by atoms with Crippen LogP contribution in [-0.4, -0.2) is 29.2 Å². The van der Waals surface area contributed by atoms with Gasteiger partial charge in [-0.25, -0.2) is 4.79 Å². The van der Waals surface area contributed by atoms with E-state index < -0.39 is 5.97 Å². The Morgan fingerprint density at radius 3 is 2.26 bits per heavy atom. The molecule has 7 nitrogen and oxygen atoms in total. The summed E-state index contributed by atoms with van der Waals surface area (Å²) in [5.41, 5.74) is 1.37. The highest BCUT2D eigenvalue weighted by Crippen LogP contribution is 2.20. The number of anilines is 3. The first kappa shape index (κ1) is 18.3. The van der Waals surface area contributed by atoms with Gasteiger partial charge in [0, 0.05) is 10.6 Å². The molecule has 27 heavy (non-hydrogen) atoms. The van der Waals surface area contributed by atoms with Gasteiger partial charge in [0.25, 0.3) is 5.91 Å². The lowest BCUT2D eigenvalue weighted by atomic mass is 10.2. The second kappa shape index (κ2) is 8.29. The molecule has 1 heterocycles. The number of methoxy groups -OCH3 is 1. The number of aromatic nitrogens is 2. The van der Waals surface area contributed by atoms with Crippen molar-refractivity contribution in [3.05, 3.63) is 76.8 Å². The summed E-state index contributed by atoms with van der Waals surface area (Å²) >= 11 is 5.81. The molecule has 3 aromatic rings. The first-order chi connectivity index (χ1) is 13.1. The molecular weight excluding hydrogens is 368 g/mol. The summed E-state index contributed by atoms with van der Waals surface area (Å²) in [7, 11) is 1.32. The van der Waals surface area contributed by atoms with Gasteiger partial charge in [0.2, 0.25) is 0 Å². The maximum atomic E-state index is 12.2. The molecule has 0 saturated heterocycles. The van der Waals surface area contributed by atoms with Crippen LogP contribution in [0.2, 0.25) is 5.02 Å². The van der Waals surface area contributed by atoms with E-state index in [9.17, 15) is 9.59 Å². The van der Waals surface area contributed by atoms with Crippen LogP contribution in [-0.2, 0) is 4.74 Å². The standard InChI is InChI=1S/C19H15ClN4O3/c1-27-19(26)14-4-2-3-5-15(14)21-16-10-11-17(24-23-16)22-18(25)12-6-8-13(20)9-7-12/h2-11H,1H3,(H,21,23)(H,22,24,25). The van der Waals surface area contributed by atoms with Gasteiger partial charge in [0.15, 0.2) is 11.6 Å². The average Bonchev–Trinajstić information content (AvgIpc) is 2.70. The molecule has 0 bridgehead atoms. The quantitative estimate of drug-likeness (QED) is 0.650. The SMILES string of the molecule is COC(=O)c1ccccc1Nc1ccc(NC(=O)c2ccc(Cl)cc2)nn1. The number of carbonyl (C=O) groups is 2. The van der Waals surface area contributed by atoms with E-state index in [2.05, 4.69) is 20.8 Å². The Hall–Kier alpha value is -3.45. The average molecular weight is 383 g/mol. The Morgan fingerprint density at radius 1 is 0.926 bits per heavy atom. The van der Waals surface area contributed by atoms with Crippen molar-refractivity contribution >= 4 is 40.8 Å². The topological polar surface area (TPSA) is 93.2 Å². The fraction of sp³-hybridized carbons (Fsp3) is 0.0526. The van der Waals surface area contributed by atoms with Gasteiger partial charge in [0.1, 0.15) is 0 Å². The van der Waals surface area contributed by atoms with Crippen molar-refractivity contribution in [2.75, 3.05) is 17.7 Å². The van der Waals surface area contributed by atoms with E-state index in [0.717, 1.165) is 0 Å². The monoisotopic (exact) mass is 382 g/mol. The van der Waals surface area contributed by atoms with Gasteiger partial charge in [-0.1, -0.05) is 23.7 Å². The molecule has 0 aliphatic heterocycles. The first-order valence-corrected chi connectivity index (χ1v) is 8.29. The Labute approximate surface area is 160 Å². The van der Waals surface area contributed by atoms with Crippen molar-refractivity contribution in [3.8, 4) is 0 Å². The molecule has 0 aliphatic rings. The normalized spacial score (nSPS) is 10.1. The summed E-state index contributed by atoms with van der Waals surface area (Å²) in [5, 5.41) is 14.2. The summed E-state index contributed by atoms with van der Waals surface area (Å²) in [6, 6.07) is 16.6. The highest BCUT2D eigenvalue weighted by Gasteiger charge is 2.12. The van der Waals surface area contributed by atoms with E-state index in [-0.39, 0.29) is 5.91 Å². The Balaban J connectivity index is 1.70. The van der Waals surface area contributed by atoms with Gasteiger partial charge in [-0.2, -0.15) is 0 Å². The largest absolute Gasteiger partial charge is 0.465 e. The second-order valence-corrected chi connectivity index (χ2v) is 5.86. The fourth-order valence-electron chi connectivity index (χ4n) is 2.27. The number of hydrogen-bond acceptors (Lipinski definition) is 6. The predicted octanol–water partition coefficient (Wildman–Crippen LogP) is 3.91. The lowest BCUT2D eigenvalue weighted by Crippen LogP contribution is -2.13. The van der Waals surface area contributed by atoms with Gasteiger partial charge in [-0.05, 0) is 48.5 Å². The zero-order chi connectivity index (χ0) is 19.2. The van der Waals surface area contributed by atoms with E-state index in [0.29, 0.717) is 33.5 Å². The summed E-state index contributed by atoms with van der Waals surface area (Å²) in [5.74, 6) is -0.0757. The van der Waals surface area contributed by atoms with E-state index in [1.807, 2.05) is 0 Å². The van der Waals surface area contributed by atoms with Crippen molar-refractivity contribution < 1.29 is 14.3 Å². The van der Waals surface area contributed by atoms with E-state index in [1.54, 1.807) is 60.7 Å². The molecule has 0 spiro atoms. The number of carbonyl (C=O) groups excluding carboxylic acids is 2. The molecule has 1 aromatic heterocycles. The molecule has 0 saturated carbocycles. The zero-order valence-electron chi connectivity index (χ0n) is 14.3. The Bertz CT molecular complexity index is 959. The molecular formula is C19H15ClN4O3. The van der Waals surface area contributed by atoms with Gasteiger partial charge in [-0.15, -0.1) is 10.2 Å². The second-order valence-electron chi connectivity index (χ2n) is 5.43.